The molecule has 0 bridgehead atoms. The molecule has 1 fully saturated rings. The zero-order valence-corrected chi connectivity index (χ0v) is 9.16. The minimum Gasteiger partial charge on any atom is -0.481 e. The van der Waals surface area contributed by atoms with Gasteiger partial charge in [-0.05, 0) is 39.8 Å². The van der Waals surface area contributed by atoms with Crippen LogP contribution >= 0.6 is 0 Å². The van der Waals surface area contributed by atoms with Gasteiger partial charge in [-0.1, -0.05) is 0 Å². The molecule has 1 aliphatic rings. The number of rotatable bonds is 3. The van der Waals surface area contributed by atoms with E-state index in [9.17, 15) is 4.79 Å². The van der Waals surface area contributed by atoms with Crippen molar-refractivity contribution in [2.45, 2.75) is 26.3 Å². The first-order valence-electron chi connectivity index (χ1n) is 5.03. The fraction of sp³-hybridized carbons (Fsp3) is 0.900. The Hall–Kier alpha value is -0.610. The maximum absolute atomic E-state index is 11.0. The molecule has 0 amide bonds. The number of nitrogens with zero attached hydrogens (tertiary/aromatic N) is 1. The van der Waals surface area contributed by atoms with Crippen LogP contribution in [-0.4, -0.2) is 42.2 Å². The van der Waals surface area contributed by atoms with Crippen molar-refractivity contribution in [3.05, 3.63) is 0 Å². The van der Waals surface area contributed by atoms with Crippen LogP contribution in [0.3, 0.4) is 0 Å². The summed E-state index contributed by atoms with van der Waals surface area (Å²) < 4.78 is 0. The molecule has 0 spiro atoms. The van der Waals surface area contributed by atoms with Crippen LogP contribution < -0.4 is 5.73 Å². The second-order valence-electron chi connectivity index (χ2n) is 4.86. The molecule has 1 aliphatic heterocycles. The van der Waals surface area contributed by atoms with Crippen molar-refractivity contribution in [1.82, 2.24) is 4.90 Å². The first kappa shape index (κ1) is 11.5. The van der Waals surface area contributed by atoms with Crippen molar-refractivity contribution < 1.29 is 9.90 Å². The fourth-order valence-corrected chi connectivity index (χ4v) is 1.99. The average Bonchev–Trinajstić information content (AvgIpc) is 2.50. The predicted molar refractivity (Wildman–Crippen MR) is 55.0 cm³/mol. The van der Waals surface area contributed by atoms with Crippen LogP contribution in [0.5, 0.6) is 0 Å². The molecule has 0 saturated carbocycles. The number of carbonyl (C=O) groups is 1. The summed E-state index contributed by atoms with van der Waals surface area (Å²) in [7, 11) is 2.04. The quantitative estimate of drug-likeness (QED) is 0.691. The van der Waals surface area contributed by atoms with E-state index in [2.05, 4.69) is 4.90 Å². The molecule has 1 saturated heterocycles. The van der Waals surface area contributed by atoms with Crippen molar-refractivity contribution in [2.75, 3.05) is 20.1 Å². The summed E-state index contributed by atoms with van der Waals surface area (Å²) in [5, 5.41) is 9.04. The molecular formula is C10H20N2O2. The summed E-state index contributed by atoms with van der Waals surface area (Å²) in [6.45, 7) is 5.35. The topological polar surface area (TPSA) is 66.6 Å². The van der Waals surface area contributed by atoms with E-state index in [0.29, 0.717) is 5.92 Å². The predicted octanol–water partition coefficient (Wildman–Crippen LogP) is 0.376. The third-order valence-corrected chi connectivity index (χ3v) is 3.32. The van der Waals surface area contributed by atoms with Crippen molar-refractivity contribution in [1.29, 1.82) is 0 Å². The molecule has 0 radical (unpaired) electrons. The van der Waals surface area contributed by atoms with Gasteiger partial charge in [0.15, 0.2) is 0 Å². The lowest BCUT2D eigenvalue weighted by molar-refractivity contribution is -0.148. The summed E-state index contributed by atoms with van der Waals surface area (Å²) in [5.41, 5.74) is 5.19. The zero-order valence-electron chi connectivity index (χ0n) is 9.16. The van der Waals surface area contributed by atoms with Gasteiger partial charge in [-0.2, -0.15) is 0 Å². The molecule has 82 valence electrons. The SMILES string of the molecule is CN1CCC(C(N)C(C)(C)C(=O)O)C1. The third kappa shape index (κ3) is 2.07. The second-order valence-corrected chi connectivity index (χ2v) is 4.86. The second kappa shape index (κ2) is 3.87. The molecule has 14 heavy (non-hydrogen) atoms. The summed E-state index contributed by atoms with van der Waals surface area (Å²) in [6.07, 6.45) is 1.01. The number of likely N-dealkylation sites (tertiary alicyclic amines) is 1. The van der Waals surface area contributed by atoms with Gasteiger partial charge >= 0.3 is 5.97 Å². The maximum Gasteiger partial charge on any atom is 0.310 e. The van der Waals surface area contributed by atoms with Crippen LogP contribution in [0.1, 0.15) is 20.3 Å². The largest absolute Gasteiger partial charge is 0.481 e. The van der Waals surface area contributed by atoms with E-state index in [1.54, 1.807) is 13.8 Å². The van der Waals surface area contributed by atoms with Crippen molar-refractivity contribution >= 4 is 5.97 Å². The molecule has 0 aromatic carbocycles. The number of hydrogen-bond donors (Lipinski definition) is 2. The lowest BCUT2D eigenvalue weighted by Crippen LogP contribution is -2.48. The standard InChI is InChI=1S/C10H20N2O2/c1-10(2,9(13)14)8(11)7-4-5-12(3)6-7/h7-8H,4-6,11H2,1-3H3,(H,13,14). The number of carboxylic acids is 1. The van der Waals surface area contributed by atoms with E-state index in [4.69, 9.17) is 10.8 Å². The van der Waals surface area contributed by atoms with Gasteiger partial charge in [-0.25, -0.2) is 0 Å². The van der Waals surface area contributed by atoms with Gasteiger partial charge in [0, 0.05) is 12.6 Å². The molecule has 0 aromatic heterocycles. The van der Waals surface area contributed by atoms with E-state index in [1.807, 2.05) is 7.05 Å². The minimum atomic E-state index is -0.824. The Morgan fingerprint density at radius 1 is 1.64 bits per heavy atom. The monoisotopic (exact) mass is 200 g/mol. The fourth-order valence-electron chi connectivity index (χ4n) is 1.99. The highest BCUT2D eigenvalue weighted by Crippen LogP contribution is 2.29. The summed E-state index contributed by atoms with van der Waals surface area (Å²) in [4.78, 5) is 13.2. The third-order valence-electron chi connectivity index (χ3n) is 3.32. The summed E-state index contributed by atoms with van der Waals surface area (Å²) in [6, 6.07) is -0.259. The average molecular weight is 200 g/mol. The number of hydrogen-bond acceptors (Lipinski definition) is 3. The minimum absolute atomic E-state index is 0.259. The Bertz CT molecular complexity index is 228. The molecule has 0 aliphatic carbocycles. The van der Waals surface area contributed by atoms with Gasteiger partial charge < -0.3 is 15.7 Å². The van der Waals surface area contributed by atoms with Gasteiger partial charge in [0.2, 0.25) is 0 Å². The Labute approximate surface area is 85.1 Å². The summed E-state index contributed by atoms with van der Waals surface area (Å²) >= 11 is 0. The molecule has 4 nitrogen and oxygen atoms in total. The maximum atomic E-state index is 11.0. The molecule has 1 heterocycles. The van der Waals surface area contributed by atoms with Crippen LogP contribution in [0.4, 0.5) is 0 Å². The van der Waals surface area contributed by atoms with Crippen LogP contribution in [0, 0.1) is 11.3 Å². The van der Waals surface area contributed by atoms with Crippen LogP contribution in [0.25, 0.3) is 0 Å². The Kier molecular flexibility index (Phi) is 3.17. The van der Waals surface area contributed by atoms with Gasteiger partial charge in [0.25, 0.3) is 0 Å². The normalized spacial score (nSPS) is 26.4. The molecular weight excluding hydrogens is 180 g/mol. The molecule has 4 heteroatoms. The highest BCUT2D eigenvalue weighted by atomic mass is 16.4. The number of carboxylic acid groups (broad SMARTS) is 1. The van der Waals surface area contributed by atoms with E-state index in [1.165, 1.54) is 0 Å². The smallest absolute Gasteiger partial charge is 0.310 e. The molecule has 0 aromatic rings. The Balaban J connectivity index is 2.65. The van der Waals surface area contributed by atoms with Gasteiger partial charge in [-0.15, -0.1) is 0 Å². The zero-order chi connectivity index (χ0) is 10.9. The highest BCUT2D eigenvalue weighted by Gasteiger charge is 2.40. The van der Waals surface area contributed by atoms with E-state index in [-0.39, 0.29) is 6.04 Å². The van der Waals surface area contributed by atoms with E-state index >= 15 is 0 Å². The summed E-state index contributed by atoms with van der Waals surface area (Å²) in [5.74, 6) is -0.495. The van der Waals surface area contributed by atoms with Crippen molar-refractivity contribution in [3.8, 4) is 0 Å². The van der Waals surface area contributed by atoms with Gasteiger partial charge in [0.05, 0.1) is 5.41 Å². The van der Waals surface area contributed by atoms with Crippen LogP contribution in [0.15, 0.2) is 0 Å². The molecule has 3 N–H and O–H groups in total. The number of aliphatic carboxylic acids is 1. The van der Waals surface area contributed by atoms with Crippen LogP contribution in [0.2, 0.25) is 0 Å². The number of nitrogens with two attached hydrogens (primary N) is 1. The molecule has 2 unspecified atom stereocenters. The van der Waals surface area contributed by atoms with Gasteiger partial charge in [-0.3, -0.25) is 4.79 Å². The van der Waals surface area contributed by atoms with E-state index < -0.39 is 11.4 Å². The lowest BCUT2D eigenvalue weighted by Gasteiger charge is -2.31. The molecule has 2 atom stereocenters. The Morgan fingerprint density at radius 2 is 2.21 bits per heavy atom. The highest BCUT2D eigenvalue weighted by molar-refractivity contribution is 5.74. The molecule has 1 rings (SSSR count). The lowest BCUT2D eigenvalue weighted by atomic mass is 9.77. The van der Waals surface area contributed by atoms with Crippen LogP contribution in [-0.2, 0) is 4.79 Å². The van der Waals surface area contributed by atoms with Gasteiger partial charge in [0.1, 0.15) is 0 Å². The first-order chi connectivity index (χ1) is 6.35. The van der Waals surface area contributed by atoms with Crippen molar-refractivity contribution in [3.63, 3.8) is 0 Å². The first-order valence-corrected chi connectivity index (χ1v) is 5.03. The Morgan fingerprint density at radius 3 is 2.57 bits per heavy atom. The van der Waals surface area contributed by atoms with E-state index in [0.717, 1.165) is 19.5 Å². The van der Waals surface area contributed by atoms with Crippen molar-refractivity contribution in [2.24, 2.45) is 17.1 Å².